The average molecular weight is 328 g/mol. The topological polar surface area (TPSA) is 35.5 Å². The van der Waals surface area contributed by atoms with Crippen LogP contribution in [0.2, 0.25) is 0 Å². The summed E-state index contributed by atoms with van der Waals surface area (Å²) < 4.78 is 61.7. The molecule has 3 nitrogen and oxygen atoms in total. The van der Waals surface area contributed by atoms with Crippen LogP contribution in [0.1, 0.15) is 21.5 Å². The number of hydrogen-bond acceptors (Lipinski definition) is 3. The molecule has 0 unspecified atom stereocenters. The fourth-order valence-electron chi connectivity index (χ4n) is 1.92. The molecule has 0 atom stereocenters. The van der Waals surface area contributed by atoms with Crippen molar-refractivity contribution in [1.29, 1.82) is 0 Å². The van der Waals surface area contributed by atoms with Gasteiger partial charge in [0.2, 0.25) is 0 Å². The monoisotopic (exact) mass is 328 g/mol. The summed E-state index contributed by atoms with van der Waals surface area (Å²) in [6.07, 6.45) is -4.18. The largest absolute Gasteiger partial charge is 0.493 e. The van der Waals surface area contributed by atoms with Crippen LogP contribution in [0.25, 0.3) is 0 Å². The molecule has 0 fully saturated rings. The third kappa shape index (κ3) is 4.00. The summed E-state index contributed by atoms with van der Waals surface area (Å²) in [7, 11) is 1.39. The lowest BCUT2D eigenvalue weighted by molar-refractivity contribution is -0.140. The summed E-state index contributed by atoms with van der Waals surface area (Å²) in [5.41, 5.74) is -0.889. The normalized spacial score (nSPS) is 11.2. The first-order valence-electron chi connectivity index (χ1n) is 6.47. The molecular weight excluding hydrogens is 316 g/mol. The minimum Gasteiger partial charge on any atom is -0.493 e. The Morgan fingerprint density at radius 1 is 1.09 bits per heavy atom. The number of benzene rings is 2. The van der Waals surface area contributed by atoms with Crippen molar-refractivity contribution >= 4 is 6.29 Å². The molecule has 0 amide bonds. The van der Waals surface area contributed by atoms with Crippen molar-refractivity contribution in [2.24, 2.45) is 0 Å². The molecule has 122 valence electrons. The lowest BCUT2D eigenvalue weighted by atomic mass is 10.1. The van der Waals surface area contributed by atoms with E-state index in [1.165, 1.54) is 31.4 Å². The van der Waals surface area contributed by atoms with Crippen molar-refractivity contribution in [3.63, 3.8) is 0 Å². The number of halogens is 4. The zero-order valence-corrected chi connectivity index (χ0v) is 12.0. The molecule has 0 N–H and O–H groups in total. The highest BCUT2D eigenvalue weighted by molar-refractivity contribution is 5.76. The van der Waals surface area contributed by atoms with Gasteiger partial charge in [0.05, 0.1) is 12.7 Å². The Balaban J connectivity index is 2.23. The Morgan fingerprint density at radius 3 is 2.43 bits per heavy atom. The number of ether oxygens (including phenoxy) is 2. The molecule has 2 rings (SSSR count). The van der Waals surface area contributed by atoms with Gasteiger partial charge in [0, 0.05) is 5.56 Å². The minimum absolute atomic E-state index is 0.136. The summed E-state index contributed by atoms with van der Waals surface area (Å²) >= 11 is 0. The SMILES string of the molecule is COc1ccc(C=O)cc1OCc1ccc(F)c(C(F)(F)F)c1. The molecule has 0 saturated heterocycles. The minimum atomic E-state index is -4.78. The van der Waals surface area contributed by atoms with Crippen molar-refractivity contribution in [3.8, 4) is 11.5 Å². The van der Waals surface area contributed by atoms with E-state index in [4.69, 9.17) is 9.47 Å². The molecule has 0 heterocycles. The van der Waals surface area contributed by atoms with E-state index in [2.05, 4.69) is 0 Å². The average Bonchev–Trinajstić information content (AvgIpc) is 2.52. The van der Waals surface area contributed by atoms with E-state index in [-0.39, 0.29) is 17.9 Å². The summed E-state index contributed by atoms with van der Waals surface area (Å²) in [6, 6.07) is 7.04. The lowest BCUT2D eigenvalue weighted by Gasteiger charge is -2.13. The number of carbonyl (C=O) groups excluding carboxylic acids is 1. The predicted molar refractivity (Wildman–Crippen MR) is 74.1 cm³/mol. The molecule has 0 bridgehead atoms. The van der Waals surface area contributed by atoms with E-state index < -0.39 is 17.6 Å². The van der Waals surface area contributed by atoms with Gasteiger partial charge in [-0.25, -0.2) is 4.39 Å². The van der Waals surface area contributed by atoms with Gasteiger partial charge in [0.1, 0.15) is 18.7 Å². The Labute approximate surface area is 129 Å². The Bertz CT molecular complexity index is 711. The van der Waals surface area contributed by atoms with Crippen molar-refractivity contribution in [3.05, 3.63) is 58.9 Å². The van der Waals surface area contributed by atoms with Crippen LogP contribution < -0.4 is 9.47 Å². The van der Waals surface area contributed by atoms with Crippen LogP contribution in [-0.4, -0.2) is 13.4 Å². The zero-order chi connectivity index (χ0) is 17.0. The van der Waals surface area contributed by atoms with Crippen molar-refractivity contribution < 1.29 is 31.8 Å². The smallest absolute Gasteiger partial charge is 0.419 e. The van der Waals surface area contributed by atoms with Crippen LogP contribution in [0.15, 0.2) is 36.4 Å². The highest BCUT2D eigenvalue weighted by Crippen LogP contribution is 2.33. The third-order valence-electron chi connectivity index (χ3n) is 3.05. The fraction of sp³-hybridized carbons (Fsp3) is 0.188. The molecular formula is C16H12F4O3. The summed E-state index contributed by atoms with van der Waals surface area (Å²) in [5, 5.41) is 0. The van der Waals surface area contributed by atoms with Crippen LogP contribution in [0.4, 0.5) is 17.6 Å². The van der Waals surface area contributed by atoms with E-state index in [0.29, 0.717) is 23.7 Å². The molecule has 0 aliphatic carbocycles. The van der Waals surface area contributed by atoms with Gasteiger partial charge in [-0.05, 0) is 35.9 Å². The number of carbonyl (C=O) groups is 1. The number of hydrogen-bond donors (Lipinski definition) is 0. The second-order valence-corrected chi connectivity index (χ2v) is 4.63. The number of methoxy groups -OCH3 is 1. The predicted octanol–water partition coefficient (Wildman–Crippen LogP) is 4.24. The van der Waals surface area contributed by atoms with Crippen LogP contribution in [0.3, 0.4) is 0 Å². The Morgan fingerprint density at radius 2 is 1.83 bits per heavy atom. The van der Waals surface area contributed by atoms with Crippen molar-refractivity contribution in [1.82, 2.24) is 0 Å². The van der Waals surface area contributed by atoms with Crippen LogP contribution in [0, 0.1) is 5.82 Å². The molecule has 23 heavy (non-hydrogen) atoms. The Hall–Kier alpha value is -2.57. The Kier molecular flexibility index (Phi) is 4.88. The van der Waals surface area contributed by atoms with Gasteiger partial charge in [-0.2, -0.15) is 13.2 Å². The number of rotatable bonds is 5. The van der Waals surface area contributed by atoms with Gasteiger partial charge < -0.3 is 9.47 Å². The van der Waals surface area contributed by atoms with Gasteiger partial charge in [-0.15, -0.1) is 0 Å². The van der Waals surface area contributed by atoms with E-state index in [1.54, 1.807) is 0 Å². The zero-order valence-electron chi connectivity index (χ0n) is 12.0. The maximum atomic E-state index is 13.2. The fourth-order valence-corrected chi connectivity index (χ4v) is 1.92. The number of alkyl halides is 3. The van der Waals surface area contributed by atoms with E-state index >= 15 is 0 Å². The van der Waals surface area contributed by atoms with E-state index in [1.807, 2.05) is 0 Å². The van der Waals surface area contributed by atoms with Gasteiger partial charge in [-0.1, -0.05) is 6.07 Å². The number of aldehydes is 1. The molecule has 0 spiro atoms. The van der Waals surface area contributed by atoms with Crippen LogP contribution in [-0.2, 0) is 12.8 Å². The van der Waals surface area contributed by atoms with Gasteiger partial charge >= 0.3 is 6.18 Å². The van der Waals surface area contributed by atoms with Crippen molar-refractivity contribution in [2.45, 2.75) is 12.8 Å². The first kappa shape index (κ1) is 16.8. The molecule has 2 aromatic rings. The van der Waals surface area contributed by atoms with Gasteiger partial charge in [-0.3, -0.25) is 4.79 Å². The second kappa shape index (κ2) is 6.68. The van der Waals surface area contributed by atoms with Crippen molar-refractivity contribution in [2.75, 3.05) is 7.11 Å². The quantitative estimate of drug-likeness (QED) is 0.608. The molecule has 2 aromatic carbocycles. The molecule has 0 aromatic heterocycles. The van der Waals surface area contributed by atoms with Gasteiger partial charge in [0.15, 0.2) is 11.5 Å². The third-order valence-corrected chi connectivity index (χ3v) is 3.05. The summed E-state index contributed by atoms with van der Waals surface area (Å²) in [5.74, 6) is -0.814. The highest BCUT2D eigenvalue weighted by atomic mass is 19.4. The second-order valence-electron chi connectivity index (χ2n) is 4.63. The standard InChI is InChI=1S/C16H12F4O3/c1-22-14-5-3-10(8-21)7-15(14)23-9-11-2-4-13(17)12(6-11)16(18,19)20/h2-8H,9H2,1H3. The molecule has 0 aliphatic rings. The molecule has 0 radical (unpaired) electrons. The molecule has 0 aliphatic heterocycles. The molecule has 7 heteroatoms. The maximum Gasteiger partial charge on any atom is 0.419 e. The summed E-state index contributed by atoms with van der Waals surface area (Å²) in [4.78, 5) is 10.8. The van der Waals surface area contributed by atoms with E-state index in [9.17, 15) is 22.4 Å². The van der Waals surface area contributed by atoms with Crippen LogP contribution in [0.5, 0.6) is 11.5 Å². The molecule has 0 saturated carbocycles. The first-order valence-corrected chi connectivity index (χ1v) is 6.47. The lowest BCUT2D eigenvalue weighted by Crippen LogP contribution is -2.09. The van der Waals surface area contributed by atoms with Gasteiger partial charge in [0.25, 0.3) is 0 Å². The van der Waals surface area contributed by atoms with E-state index in [0.717, 1.165) is 6.07 Å². The maximum absolute atomic E-state index is 13.2. The summed E-state index contributed by atoms with van der Waals surface area (Å²) in [6.45, 7) is -0.234. The van der Waals surface area contributed by atoms with Crippen LogP contribution >= 0.6 is 0 Å². The highest BCUT2D eigenvalue weighted by Gasteiger charge is 2.34. The first-order chi connectivity index (χ1) is 10.8.